The Balaban J connectivity index is 1.45. The van der Waals surface area contributed by atoms with E-state index in [0.717, 1.165) is 36.9 Å². The summed E-state index contributed by atoms with van der Waals surface area (Å²) in [4.78, 5) is 0. The van der Waals surface area contributed by atoms with Crippen LogP contribution in [0.4, 0.5) is 0 Å². The Labute approximate surface area is 182 Å². The van der Waals surface area contributed by atoms with Crippen molar-refractivity contribution in [3.05, 3.63) is 24.3 Å². The first-order valence-corrected chi connectivity index (χ1v) is 13.2. The molecule has 2 aliphatic carbocycles. The number of hydrogen-bond acceptors (Lipinski definition) is 1. The molecule has 1 heteroatoms. The van der Waals surface area contributed by atoms with E-state index >= 15 is 0 Å². The van der Waals surface area contributed by atoms with Gasteiger partial charge in [-0.3, -0.25) is 0 Å². The highest BCUT2D eigenvalue weighted by atomic mass is 16.5. The van der Waals surface area contributed by atoms with Crippen LogP contribution in [0, 0.1) is 23.7 Å². The van der Waals surface area contributed by atoms with Gasteiger partial charge in [0.15, 0.2) is 0 Å². The standard InChI is InChI=1S/C28H50O/c1-3-5-7-11-25-15-19-27(20-16-25)13-9-23-29-24-10-14-28-21-17-26(18-22-28)12-8-6-4-2/h9-10,13-14,25-28H,3-8,11-12,15-24H2,1-2H3/b13-9+,14-10+. The van der Waals surface area contributed by atoms with Crippen LogP contribution in [0.5, 0.6) is 0 Å². The maximum absolute atomic E-state index is 5.82. The Bertz CT molecular complexity index is 382. The lowest BCUT2D eigenvalue weighted by atomic mass is 9.79. The van der Waals surface area contributed by atoms with Gasteiger partial charge in [-0.1, -0.05) is 89.5 Å². The fraction of sp³-hybridized carbons (Fsp3) is 0.857. The average molecular weight is 403 g/mol. The van der Waals surface area contributed by atoms with E-state index in [2.05, 4.69) is 38.2 Å². The molecule has 168 valence electrons. The summed E-state index contributed by atoms with van der Waals surface area (Å²) in [6.07, 6.45) is 32.2. The Morgan fingerprint density at radius 3 is 1.38 bits per heavy atom. The van der Waals surface area contributed by atoms with Crippen molar-refractivity contribution in [1.82, 2.24) is 0 Å². The molecule has 0 N–H and O–H groups in total. The number of hydrogen-bond donors (Lipinski definition) is 0. The van der Waals surface area contributed by atoms with Crippen LogP contribution in [0.1, 0.15) is 117 Å². The minimum absolute atomic E-state index is 0.783. The van der Waals surface area contributed by atoms with Gasteiger partial charge >= 0.3 is 0 Å². The quantitative estimate of drug-likeness (QED) is 0.208. The SMILES string of the molecule is CCCCCC1CCC(/C=C/COC/C=C/C2CCC(CCCCC)CC2)CC1. The molecule has 0 heterocycles. The molecule has 0 spiro atoms. The summed E-state index contributed by atoms with van der Waals surface area (Å²) >= 11 is 0. The number of rotatable bonds is 14. The molecular formula is C28H50O. The molecular weight excluding hydrogens is 352 g/mol. The molecule has 0 bridgehead atoms. The Kier molecular flexibility index (Phi) is 13.8. The van der Waals surface area contributed by atoms with Gasteiger partial charge in [0.1, 0.15) is 0 Å². The van der Waals surface area contributed by atoms with E-state index in [0.29, 0.717) is 0 Å². The average Bonchev–Trinajstić information content (AvgIpc) is 2.75. The van der Waals surface area contributed by atoms with E-state index in [1.165, 1.54) is 103 Å². The van der Waals surface area contributed by atoms with E-state index in [1.54, 1.807) is 0 Å². The van der Waals surface area contributed by atoms with Gasteiger partial charge in [-0.05, 0) is 75.0 Å². The second-order valence-corrected chi connectivity index (χ2v) is 9.95. The molecule has 0 atom stereocenters. The molecule has 0 radical (unpaired) electrons. The first-order chi connectivity index (χ1) is 14.3. The lowest BCUT2D eigenvalue weighted by molar-refractivity contribution is 0.192. The Morgan fingerprint density at radius 1 is 0.586 bits per heavy atom. The molecule has 0 aromatic carbocycles. The normalized spacial score (nSPS) is 28.5. The highest BCUT2D eigenvalue weighted by Crippen LogP contribution is 2.33. The molecule has 0 aliphatic heterocycles. The second-order valence-electron chi connectivity index (χ2n) is 9.95. The summed E-state index contributed by atoms with van der Waals surface area (Å²) in [5, 5.41) is 0. The molecule has 1 nitrogen and oxygen atoms in total. The van der Waals surface area contributed by atoms with E-state index < -0.39 is 0 Å². The van der Waals surface area contributed by atoms with Crippen LogP contribution in [0.2, 0.25) is 0 Å². The lowest BCUT2D eigenvalue weighted by Crippen LogP contribution is -2.13. The third-order valence-electron chi connectivity index (χ3n) is 7.46. The summed E-state index contributed by atoms with van der Waals surface area (Å²) in [6.45, 7) is 6.18. The topological polar surface area (TPSA) is 9.23 Å². The van der Waals surface area contributed by atoms with E-state index in [9.17, 15) is 0 Å². The van der Waals surface area contributed by atoms with Crippen molar-refractivity contribution in [3.63, 3.8) is 0 Å². The van der Waals surface area contributed by atoms with Crippen molar-refractivity contribution in [2.45, 2.75) is 117 Å². The van der Waals surface area contributed by atoms with Gasteiger partial charge in [0, 0.05) is 0 Å². The molecule has 0 saturated heterocycles. The third kappa shape index (κ3) is 11.4. The first kappa shape index (κ1) is 24.7. The maximum Gasteiger partial charge on any atom is 0.0651 e. The number of allylic oxidation sites excluding steroid dienone is 2. The zero-order valence-electron chi connectivity index (χ0n) is 19.8. The van der Waals surface area contributed by atoms with Crippen molar-refractivity contribution >= 4 is 0 Å². The predicted octanol–water partition coefficient (Wildman–Crippen LogP) is 8.89. The molecule has 2 saturated carbocycles. The van der Waals surface area contributed by atoms with Gasteiger partial charge < -0.3 is 4.74 Å². The van der Waals surface area contributed by atoms with Crippen LogP contribution >= 0.6 is 0 Å². The largest absolute Gasteiger partial charge is 0.373 e. The van der Waals surface area contributed by atoms with Crippen molar-refractivity contribution in [1.29, 1.82) is 0 Å². The monoisotopic (exact) mass is 402 g/mol. The van der Waals surface area contributed by atoms with Crippen molar-refractivity contribution in [2.24, 2.45) is 23.7 Å². The molecule has 0 aromatic heterocycles. The van der Waals surface area contributed by atoms with Crippen LogP contribution < -0.4 is 0 Å². The van der Waals surface area contributed by atoms with Crippen LogP contribution in [0.25, 0.3) is 0 Å². The molecule has 2 rings (SSSR count). The number of ether oxygens (including phenoxy) is 1. The minimum Gasteiger partial charge on any atom is -0.373 e. The zero-order chi connectivity index (χ0) is 20.6. The van der Waals surface area contributed by atoms with Gasteiger partial charge in [0.05, 0.1) is 13.2 Å². The fourth-order valence-electron chi connectivity index (χ4n) is 5.40. The van der Waals surface area contributed by atoms with Gasteiger partial charge in [0.2, 0.25) is 0 Å². The van der Waals surface area contributed by atoms with Gasteiger partial charge in [-0.15, -0.1) is 0 Å². The molecule has 0 amide bonds. The van der Waals surface area contributed by atoms with Crippen LogP contribution in [0.3, 0.4) is 0 Å². The number of unbranched alkanes of at least 4 members (excludes halogenated alkanes) is 4. The van der Waals surface area contributed by atoms with Gasteiger partial charge in [-0.25, -0.2) is 0 Å². The van der Waals surface area contributed by atoms with E-state index in [1.807, 2.05) is 0 Å². The molecule has 2 fully saturated rings. The van der Waals surface area contributed by atoms with Gasteiger partial charge in [-0.2, -0.15) is 0 Å². The molecule has 0 unspecified atom stereocenters. The third-order valence-corrected chi connectivity index (χ3v) is 7.46. The summed E-state index contributed by atoms with van der Waals surface area (Å²) in [5.41, 5.74) is 0. The van der Waals surface area contributed by atoms with Crippen LogP contribution in [-0.2, 0) is 4.74 Å². The maximum atomic E-state index is 5.82. The molecule has 29 heavy (non-hydrogen) atoms. The lowest BCUT2D eigenvalue weighted by Gasteiger charge is -2.26. The minimum atomic E-state index is 0.783. The summed E-state index contributed by atoms with van der Waals surface area (Å²) in [5.74, 6) is 3.64. The predicted molar refractivity (Wildman–Crippen MR) is 128 cm³/mol. The fourth-order valence-corrected chi connectivity index (χ4v) is 5.40. The van der Waals surface area contributed by atoms with Crippen molar-refractivity contribution in [3.8, 4) is 0 Å². The zero-order valence-corrected chi connectivity index (χ0v) is 19.8. The van der Waals surface area contributed by atoms with Crippen molar-refractivity contribution in [2.75, 3.05) is 13.2 Å². The molecule has 2 aliphatic rings. The summed E-state index contributed by atoms with van der Waals surface area (Å²) in [7, 11) is 0. The second kappa shape index (κ2) is 16.2. The van der Waals surface area contributed by atoms with Gasteiger partial charge in [0.25, 0.3) is 0 Å². The Hall–Kier alpha value is -0.560. The smallest absolute Gasteiger partial charge is 0.0651 e. The van der Waals surface area contributed by atoms with E-state index in [4.69, 9.17) is 4.74 Å². The highest BCUT2D eigenvalue weighted by Gasteiger charge is 2.19. The summed E-state index contributed by atoms with van der Waals surface area (Å²) < 4.78 is 5.82. The van der Waals surface area contributed by atoms with Crippen LogP contribution in [0.15, 0.2) is 24.3 Å². The van der Waals surface area contributed by atoms with Crippen molar-refractivity contribution < 1.29 is 4.74 Å². The first-order valence-electron chi connectivity index (χ1n) is 13.2. The molecule has 0 aromatic rings. The van der Waals surface area contributed by atoms with E-state index in [-0.39, 0.29) is 0 Å². The van der Waals surface area contributed by atoms with Crippen LogP contribution in [-0.4, -0.2) is 13.2 Å². The highest BCUT2D eigenvalue weighted by molar-refractivity contribution is 4.93. The Morgan fingerprint density at radius 2 is 1.00 bits per heavy atom. The summed E-state index contributed by atoms with van der Waals surface area (Å²) in [6, 6.07) is 0.